The normalized spacial score (nSPS) is 10.4. The minimum Gasteiger partial charge on any atom is -0.215 e. The monoisotopic (exact) mass is 251 g/mol. The van der Waals surface area contributed by atoms with Gasteiger partial charge in [-0.25, -0.2) is 9.13 Å². The Labute approximate surface area is 111 Å². The molecule has 0 bridgehead atoms. The molecule has 0 atom stereocenters. The fourth-order valence-electron chi connectivity index (χ4n) is 2.20. The van der Waals surface area contributed by atoms with E-state index in [1.807, 2.05) is 65.7 Å². The molecule has 0 N–H and O–H groups in total. The molecule has 1 heterocycles. The summed E-state index contributed by atoms with van der Waals surface area (Å²) in [4.78, 5) is 4.36. The van der Waals surface area contributed by atoms with Gasteiger partial charge in [0.2, 0.25) is 0 Å². The lowest BCUT2D eigenvalue weighted by atomic mass is 10.3. The zero-order valence-corrected chi connectivity index (χ0v) is 11.0. The lowest BCUT2D eigenvalue weighted by molar-refractivity contribution is -0.150. The molecule has 3 rings (SSSR count). The summed E-state index contributed by atoms with van der Waals surface area (Å²) < 4.78 is 4.09. The summed E-state index contributed by atoms with van der Waals surface area (Å²) in [5, 5.41) is 4.28. The molecule has 4 nitrogen and oxygen atoms in total. The van der Waals surface area contributed by atoms with Gasteiger partial charge in [0.15, 0.2) is 0 Å². The maximum absolute atomic E-state index is 4.36. The summed E-state index contributed by atoms with van der Waals surface area (Å²) in [6.45, 7) is 0. The van der Waals surface area contributed by atoms with Crippen LogP contribution in [-0.4, -0.2) is 13.9 Å². The molecule has 0 radical (unpaired) electrons. The molecule has 2 aromatic carbocycles. The van der Waals surface area contributed by atoms with Crippen LogP contribution in [0.2, 0.25) is 0 Å². The van der Waals surface area contributed by atoms with Crippen LogP contribution in [0.4, 0.5) is 5.69 Å². The number of para-hydroxylation sites is 2. The second kappa shape index (κ2) is 4.59. The van der Waals surface area contributed by atoms with E-state index in [1.165, 1.54) is 0 Å². The summed E-state index contributed by atoms with van der Waals surface area (Å²) in [7, 11) is 4.00. The number of nitrogens with zero attached hydrogens (tertiary/aromatic N) is 4. The molecule has 0 aliphatic carbocycles. The van der Waals surface area contributed by atoms with Gasteiger partial charge in [-0.15, -0.1) is 4.79 Å². The van der Waals surface area contributed by atoms with Crippen molar-refractivity contribution in [2.24, 2.45) is 19.2 Å². The molecule has 4 heteroatoms. The van der Waals surface area contributed by atoms with Gasteiger partial charge in [0.1, 0.15) is 16.7 Å². The zero-order valence-electron chi connectivity index (χ0n) is 11.0. The van der Waals surface area contributed by atoms with E-state index in [9.17, 15) is 0 Å². The molecule has 19 heavy (non-hydrogen) atoms. The maximum atomic E-state index is 4.36. The van der Waals surface area contributed by atoms with Crippen LogP contribution < -0.4 is 5.62 Å². The van der Waals surface area contributed by atoms with Crippen LogP contribution in [0, 0.1) is 0 Å². The number of aromatic nitrogens is 2. The van der Waals surface area contributed by atoms with Crippen molar-refractivity contribution in [3.8, 4) is 0 Å². The van der Waals surface area contributed by atoms with Crippen molar-refractivity contribution in [1.82, 2.24) is 9.13 Å². The summed E-state index contributed by atoms with van der Waals surface area (Å²) >= 11 is 0. The van der Waals surface area contributed by atoms with Crippen molar-refractivity contribution >= 4 is 16.7 Å². The minimum atomic E-state index is 0.824. The number of hydrogen-bond donors (Lipinski definition) is 0. The molecule has 0 spiro atoms. The van der Waals surface area contributed by atoms with E-state index in [4.69, 9.17) is 0 Å². The quantitative estimate of drug-likeness (QED) is 0.470. The summed E-state index contributed by atoms with van der Waals surface area (Å²) in [5.74, 6) is 0. The van der Waals surface area contributed by atoms with E-state index in [0.29, 0.717) is 0 Å². The van der Waals surface area contributed by atoms with Gasteiger partial charge >= 0.3 is 5.62 Å². The van der Waals surface area contributed by atoms with Crippen LogP contribution in [0.25, 0.3) is 11.0 Å². The number of fused-ring (bicyclic) bond motifs is 1. The summed E-state index contributed by atoms with van der Waals surface area (Å²) in [6, 6.07) is 18.0. The van der Waals surface area contributed by atoms with E-state index >= 15 is 0 Å². The van der Waals surface area contributed by atoms with E-state index in [0.717, 1.165) is 22.3 Å². The molecule has 0 saturated carbocycles. The second-order valence-corrected chi connectivity index (χ2v) is 4.44. The fraction of sp³-hybridized carbons (Fsp3) is 0.133. The largest absolute Gasteiger partial charge is 0.479 e. The third kappa shape index (κ3) is 1.98. The van der Waals surface area contributed by atoms with Crippen molar-refractivity contribution in [3.05, 3.63) is 60.2 Å². The van der Waals surface area contributed by atoms with E-state index in [1.54, 1.807) is 0 Å². The lowest BCUT2D eigenvalue weighted by Crippen LogP contribution is -2.23. The molecule has 0 aliphatic heterocycles. The van der Waals surface area contributed by atoms with Crippen LogP contribution in [0.5, 0.6) is 0 Å². The topological polar surface area (TPSA) is 36.3 Å². The first-order valence-electron chi connectivity index (χ1n) is 6.17. The Morgan fingerprint density at radius 2 is 1.32 bits per heavy atom. The highest BCUT2D eigenvalue weighted by Crippen LogP contribution is 2.10. The van der Waals surface area contributed by atoms with Gasteiger partial charge in [0.25, 0.3) is 0 Å². The highest BCUT2D eigenvalue weighted by Gasteiger charge is 2.13. The third-order valence-corrected chi connectivity index (χ3v) is 3.22. The molecule has 0 unspecified atom stereocenters. The number of aryl methyl sites for hydroxylation is 2. The Kier molecular flexibility index (Phi) is 2.78. The minimum absolute atomic E-state index is 0.824. The van der Waals surface area contributed by atoms with Gasteiger partial charge in [-0.2, -0.15) is 0 Å². The van der Waals surface area contributed by atoms with Crippen LogP contribution in [0.3, 0.4) is 0 Å². The first kappa shape index (κ1) is 11.5. The SMILES string of the molecule is Cn1c(=[N+]=Nc2ccccc2)n(C)c2ccccc21. The molecule has 0 saturated heterocycles. The zero-order chi connectivity index (χ0) is 13.2. The van der Waals surface area contributed by atoms with Gasteiger partial charge in [-0.3, -0.25) is 0 Å². The Morgan fingerprint density at radius 1 is 0.789 bits per heavy atom. The Morgan fingerprint density at radius 3 is 1.89 bits per heavy atom. The van der Waals surface area contributed by atoms with Crippen molar-refractivity contribution in [3.63, 3.8) is 0 Å². The predicted molar refractivity (Wildman–Crippen MR) is 73.8 cm³/mol. The molecule has 1 aromatic heterocycles. The lowest BCUT2D eigenvalue weighted by Gasteiger charge is -1.85. The highest BCUT2D eigenvalue weighted by molar-refractivity contribution is 5.75. The maximum Gasteiger partial charge on any atom is 0.479 e. The van der Waals surface area contributed by atoms with Gasteiger partial charge in [-0.1, -0.05) is 30.3 Å². The van der Waals surface area contributed by atoms with Gasteiger partial charge in [0.05, 0.1) is 14.1 Å². The number of hydrogen-bond acceptors (Lipinski definition) is 1. The first-order chi connectivity index (χ1) is 9.27. The summed E-state index contributed by atoms with van der Waals surface area (Å²) in [6.07, 6.45) is 0. The number of rotatable bonds is 1. The van der Waals surface area contributed by atoms with Gasteiger partial charge in [-0.05, 0) is 29.4 Å². The Bertz CT molecular complexity index is 776. The second-order valence-electron chi connectivity index (χ2n) is 4.44. The molecule has 0 amide bonds. The highest BCUT2D eigenvalue weighted by atomic mass is 15.2. The van der Waals surface area contributed by atoms with Gasteiger partial charge < -0.3 is 0 Å². The molecule has 0 fully saturated rings. The number of imidazole rings is 1. The summed E-state index contributed by atoms with van der Waals surface area (Å²) in [5.41, 5.74) is 3.97. The Hall–Kier alpha value is -2.58. The molecular formula is C15H15N4+. The number of benzene rings is 2. The molecule has 0 aliphatic rings. The average Bonchev–Trinajstić information content (AvgIpc) is 2.71. The van der Waals surface area contributed by atoms with Crippen molar-refractivity contribution in [2.45, 2.75) is 0 Å². The van der Waals surface area contributed by atoms with Crippen LogP contribution in [0.1, 0.15) is 0 Å². The predicted octanol–water partition coefficient (Wildman–Crippen LogP) is 2.41. The van der Waals surface area contributed by atoms with Crippen LogP contribution >= 0.6 is 0 Å². The smallest absolute Gasteiger partial charge is 0.215 e. The molecule has 94 valence electrons. The van der Waals surface area contributed by atoms with Crippen molar-refractivity contribution in [1.29, 1.82) is 0 Å². The standard InChI is InChI=1S/C15H15N4/c1-18-13-10-6-7-11-14(13)19(2)15(18)17-16-12-8-4-3-5-9-12/h3-11H,1-2H3/q+1. The van der Waals surface area contributed by atoms with Gasteiger partial charge in [0, 0.05) is 0 Å². The third-order valence-electron chi connectivity index (χ3n) is 3.22. The van der Waals surface area contributed by atoms with Crippen molar-refractivity contribution in [2.75, 3.05) is 0 Å². The van der Waals surface area contributed by atoms with E-state index in [-0.39, 0.29) is 0 Å². The van der Waals surface area contributed by atoms with Crippen LogP contribution in [0.15, 0.2) is 59.7 Å². The fourth-order valence-corrected chi connectivity index (χ4v) is 2.20. The molecular weight excluding hydrogens is 236 g/mol. The van der Waals surface area contributed by atoms with E-state index < -0.39 is 0 Å². The van der Waals surface area contributed by atoms with E-state index in [2.05, 4.69) is 22.0 Å². The Balaban J connectivity index is 2.29. The average molecular weight is 251 g/mol. The molecule has 3 aromatic rings. The van der Waals surface area contributed by atoms with Crippen LogP contribution in [-0.2, 0) is 14.1 Å². The van der Waals surface area contributed by atoms with Crippen molar-refractivity contribution < 1.29 is 4.79 Å². The first-order valence-corrected chi connectivity index (χ1v) is 6.17.